The lowest BCUT2D eigenvalue weighted by atomic mass is 10.1. The number of amides is 1. The second kappa shape index (κ2) is 8.94. The summed E-state index contributed by atoms with van der Waals surface area (Å²) in [6, 6.07) is 25.0. The predicted octanol–water partition coefficient (Wildman–Crippen LogP) is 5.46. The molecule has 0 fully saturated rings. The summed E-state index contributed by atoms with van der Waals surface area (Å²) in [7, 11) is 0. The van der Waals surface area contributed by atoms with Crippen LogP contribution in [0.2, 0.25) is 0 Å². The number of unbranched alkanes of at least 4 members (excludes halogenated alkanes) is 1. The summed E-state index contributed by atoms with van der Waals surface area (Å²) in [5.41, 5.74) is 3.20. The van der Waals surface area contributed by atoms with Gasteiger partial charge in [-0.25, -0.2) is 0 Å². The number of hydrogen-bond acceptors (Lipinski definition) is 2. The van der Waals surface area contributed by atoms with Crippen molar-refractivity contribution in [2.45, 2.75) is 38.8 Å². The van der Waals surface area contributed by atoms with Crippen LogP contribution in [-0.4, -0.2) is 14.9 Å². The molecule has 33 heavy (non-hydrogen) atoms. The molecule has 5 rings (SSSR count). The lowest BCUT2D eigenvalue weighted by Crippen LogP contribution is -2.38. The monoisotopic (exact) mass is 437 g/mol. The van der Waals surface area contributed by atoms with E-state index in [0.29, 0.717) is 18.5 Å². The van der Waals surface area contributed by atoms with Gasteiger partial charge in [0.05, 0.1) is 11.0 Å². The smallest absolute Gasteiger partial charge is 0.276 e. The number of nitrogens with zero attached hydrogens (tertiary/aromatic N) is 2. The third-order valence-corrected chi connectivity index (χ3v) is 6.30. The van der Waals surface area contributed by atoms with Crippen molar-refractivity contribution < 1.29 is 4.79 Å². The van der Waals surface area contributed by atoms with Gasteiger partial charge in [-0.3, -0.25) is 14.2 Å². The molecule has 0 aliphatic heterocycles. The van der Waals surface area contributed by atoms with Gasteiger partial charge in [-0.15, -0.1) is 0 Å². The van der Waals surface area contributed by atoms with Gasteiger partial charge < -0.3 is 9.72 Å². The number of nitrogens with one attached hydrogen (secondary N) is 1. The van der Waals surface area contributed by atoms with Crippen molar-refractivity contribution in [1.29, 1.82) is 0 Å². The quantitative estimate of drug-likeness (QED) is 0.368. The molecule has 5 nitrogen and oxygen atoms in total. The fourth-order valence-corrected chi connectivity index (χ4v) is 4.65. The highest BCUT2D eigenvalue weighted by Gasteiger charge is 2.25. The molecule has 1 amide bonds. The van der Waals surface area contributed by atoms with Crippen LogP contribution in [0.25, 0.3) is 27.3 Å². The number of benzene rings is 3. The number of carbonyl (C=O) groups is 1. The minimum Gasteiger partial charge on any atom is -0.350 e. The maximum absolute atomic E-state index is 14.0. The second-order valence-electron chi connectivity index (χ2n) is 8.46. The Labute approximate surface area is 192 Å². The van der Waals surface area contributed by atoms with Crippen molar-refractivity contribution >= 4 is 33.2 Å². The molecule has 166 valence electrons. The summed E-state index contributed by atoms with van der Waals surface area (Å²) in [4.78, 5) is 27.4. The Balaban J connectivity index is 1.68. The minimum atomic E-state index is -0.579. The molecule has 0 saturated carbocycles. The third-order valence-electron chi connectivity index (χ3n) is 6.30. The van der Waals surface area contributed by atoms with E-state index < -0.39 is 6.04 Å². The highest BCUT2D eigenvalue weighted by atomic mass is 16.2. The van der Waals surface area contributed by atoms with E-state index in [1.54, 1.807) is 4.57 Å². The number of carbonyl (C=O) groups excluding carboxylic acids is 1. The SMILES string of the molecule is CCCCC(C(=O)NCc1ccccc1)n1c(=O)c2c3ccccc3cn2c2ccccc21. The Bertz CT molecular complexity index is 1500. The minimum absolute atomic E-state index is 0.125. The standard InChI is InChI=1S/C28H27N3O2/c1-2-3-15-25(27(32)29-18-20-11-5-4-6-12-20)31-24-17-10-9-16-23(24)30-19-21-13-7-8-14-22(21)26(30)28(31)33/h4-14,16-17,19,25H,2-3,15,18H2,1H3,(H,29,32). The zero-order chi connectivity index (χ0) is 22.8. The summed E-state index contributed by atoms with van der Waals surface area (Å²) >= 11 is 0. The van der Waals surface area contributed by atoms with Gasteiger partial charge in [-0.1, -0.05) is 86.5 Å². The van der Waals surface area contributed by atoms with Crippen LogP contribution in [-0.2, 0) is 11.3 Å². The molecule has 2 heterocycles. The topological polar surface area (TPSA) is 55.5 Å². The number of rotatable bonds is 7. The third kappa shape index (κ3) is 3.80. The average Bonchev–Trinajstić information content (AvgIpc) is 3.25. The van der Waals surface area contributed by atoms with Crippen molar-refractivity contribution in [3.8, 4) is 0 Å². The van der Waals surface area contributed by atoms with Crippen LogP contribution >= 0.6 is 0 Å². The van der Waals surface area contributed by atoms with Crippen LogP contribution in [0.4, 0.5) is 0 Å². The van der Waals surface area contributed by atoms with Crippen LogP contribution in [0.5, 0.6) is 0 Å². The fourth-order valence-electron chi connectivity index (χ4n) is 4.65. The van der Waals surface area contributed by atoms with Gasteiger partial charge >= 0.3 is 0 Å². The van der Waals surface area contributed by atoms with E-state index in [0.717, 1.165) is 40.2 Å². The Kier molecular flexibility index (Phi) is 5.69. The normalized spacial score (nSPS) is 12.4. The van der Waals surface area contributed by atoms with E-state index in [9.17, 15) is 9.59 Å². The van der Waals surface area contributed by atoms with Gasteiger partial charge in [0.15, 0.2) is 0 Å². The molecule has 1 N–H and O–H groups in total. The summed E-state index contributed by atoms with van der Waals surface area (Å²) in [6.07, 6.45) is 4.42. The number of aromatic nitrogens is 2. The Morgan fingerprint density at radius 3 is 2.39 bits per heavy atom. The second-order valence-corrected chi connectivity index (χ2v) is 8.46. The number of fused-ring (bicyclic) bond motifs is 5. The van der Waals surface area contributed by atoms with Gasteiger partial charge in [0.25, 0.3) is 5.56 Å². The largest absolute Gasteiger partial charge is 0.350 e. The first-order valence-corrected chi connectivity index (χ1v) is 11.5. The predicted molar refractivity (Wildman–Crippen MR) is 134 cm³/mol. The van der Waals surface area contributed by atoms with Crippen molar-refractivity contribution in [2.24, 2.45) is 0 Å². The molecule has 3 aromatic carbocycles. The molecule has 0 radical (unpaired) electrons. The molecular formula is C28H27N3O2. The molecule has 0 aliphatic rings. The van der Waals surface area contributed by atoms with Gasteiger partial charge in [0.2, 0.25) is 5.91 Å². The molecule has 0 bridgehead atoms. The summed E-state index contributed by atoms with van der Waals surface area (Å²) < 4.78 is 3.69. The molecule has 5 aromatic rings. The molecular weight excluding hydrogens is 410 g/mol. The molecule has 0 saturated heterocycles. The first-order valence-electron chi connectivity index (χ1n) is 11.5. The van der Waals surface area contributed by atoms with E-state index >= 15 is 0 Å². The Morgan fingerprint density at radius 2 is 1.61 bits per heavy atom. The van der Waals surface area contributed by atoms with Gasteiger partial charge in [-0.05, 0) is 24.1 Å². The molecule has 2 aromatic heterocycles. The van der Waals surface area contributed by atoms with E-state index in [-0.39, 0.29) is 11.5 Å². The molecule has 5 heteroatoms. The van der Waals surface area contributed by atoms with Gasteiger partial charge in [-0.2, -0.15) is 0 Å². The highest BCUT2D eigenvalue weighted by molar-refractivity contribution is 6.00. The molecule has 1 atom stereocenters. The average molecular weight is 438 g/mol. The summed E-state index contributed by atoms with van der Waals surface area (Å²) in [5.74, 6) is -0.125. The van der Waals surface area contributed by atoms with Gasteiger partial charge in [0.1, 0.15) is 11.6 Å². The maximum atomic E-state index is 14.0. The van der Waals surface area contributed by atoms with Crippen molar-refractivity contribution in [2.75, 3.05) is 0 Å². The lowest BCUT2D eigenvalue weighted by Gasteiger charge is -2.22. The van der Waals surface area contributed by atoms with E-state index in [1.807, 2.05) is 89.5 Å². The van der Waals surface area contributed by atoms with E-state index in [4.69, 9.17) is 0 Å². The van der Waals surface area contributed by atoms with Gasteiger partial charge in [0, 0.05) is 23.5 Å². The highest BCUT2D eigenvalue weighted by Crippen LogP contribution is 2.27. The first-order chi connectivity index (χ1) is 16.2. The first kappa shape index (κ1) is 21.0. The van der Waals surface area contributed by atoms with E-state index in [1.165, 1.54) is 0 Å². The van der Waals surface area contributed by atoms with Crippen LogP contribution in [0.1, 0.15) is 37.8 Å². The maximum Gasteiger partial charge on any atom is 0.276 e. The zero-order valence-electron chi connectivity index (χ0n) is 18.7. The van der Waals surface area contributed by atoms with Crippen molar-refractivity contribution in [3.05, 3.63) is 101 Å². The number of hydrogen-bond donors (Lipinski definition) is 1. The Morgan fingerprint density at radius 1 is 0.909 bits per heavy atom. The van der Waals surface area contributed by atoms with Crippen LogP contribution in [0.15, 0.2) is 89.9 Å². The van der Waals surface area contributed by atoms with Crippen LogP contribution < -0.4 is 10.9 Å². The fraction of sp³-hybridized carbons (Fsp3) is 0.214. The molecule has 0 aliphatic carbocycles. The van der Waals surface area contributed by atoms with E-state index in [2.05, 4.69) is 12.2 Å². The van der Waals surface area contributed by atoms with Crippen molar-refractivity contribution in [3.63, 3.8) is 0 Å². The Hall–Kier alpha value is -3.86. The van der Waals surface area contributed by atoms with Crippen molar-refractivity contribution in [1.82, 2.24) is 14.3 Å². The van der Waals surface area contributed by atoms with Crippen LogP contribution in [0, 0.1) is 0 Å². The molecule has 1 unspecified atom stereocenters. The molecule has 0 spiro atoms. The summed E-state index contributed by atoms with van der Waals surface area (Å²) in [5, 5.41) is 4.99. The van der Waals surface area contributed by atoms with Crippen LogP contribution in [0.3, 0.4) is 0 Å². The summed E-state index contributed by atoms with van der Waals surface area (Å²) in [6.45, 7) is 2.54. The lowest BCUT2D eigenvalue weighted by molar-refractivity contribution is -0.124. The number of para-hydroxylation sites is 2. The zero-order valence-corrected chi connectivity index (χ0v) is 18.7.